The predicted octanol–water partition coefficient (Wildman–Crippen LogP) is 13.7. The van der Waals surface area contributed by atoms with E-state index in [0.717, 1.165) is 51.4 Å². The van der Waals surface area contributed by atoms with Crippen LogP contribution in [-0.2, 0) is 38.3 Å². The van der Waals surface area contributed by atoms with Gasteiger partial charge in [-0.1, -0.05) is 211 Å². The number of esters is 1. The number of rotatable bonds is 50. The second-order valence-corrected chi connectivity index (χ2v) is 20.6. The van der Waals surface area contributed by atoms with Crippen LogP contribution in [0.3, 0.4) is 0 Å². The Labute approximate surface area is 422 Å². The molecule has 0 amide bonds. The summed E-state index contributed by atoms with van der Waals surface area (Å²) in [5, 5.41) is 30.8. The lowest BCUT2D eigenvalue weighted by atomic mass is 9.99. The minimum Gasteiger partial charge on any atom is -0.457 e. The minimum absolute atomic E-state index is 0.0352. The molecule has 12 nitrogen and oxygen atoms in total. The van der Waals surface area contributed by atoms with E-state index in [-0.39, 0.29) is 19.6 Å². The zero-order valence-electron chi connectivity index (χ0n) is 43.9. The summed E-state index contributed by atoms with van der Waals surface area (Å²) in [5.74, 6) is -0.401. The summed E-state index contributed by atoms with van der Waals surface area (Å²) < 4.78 is 59.4. The highest BCUT2D eigenvalue weighted by Gasteiger charge is 2.48. The first-order valence-electron chi connectivity index (χ1n) is 28.2. The molecule has 1 aliphatic rings. The van der Waals surface area contributed by atoms with Crippen LogP contribution >= 0.6 is 0 Å². The molecule has 406 valence electrons. The summed E-state index contributed by atoms with van der Waals surface area (Å²) in [7, 11) is -5.07. The molecule has 0 aromatic carbocycles. The monoisotopic (exact) mass is 1000 g/mol. The van der Waals surface area contributed by atoms with Crippen LogP contribution in [0.2, 0.25) is 0 Å². The Morgan fingerprint density at radius 3 is 1.39 bits per heavy atom. The lowest BCUT2D eigenvalue weighted by Gasteiger charge is -2.41. The normalized spacial score (nSPS) is 19.4. The lowest BCUT2D eigenvalue weighted by Crippen LogP contribution is -2.60. The van der Waals surface area contributed by atoms with Crippen molar-refractivity contribution in [3.63, 3.8) is 0 Å². The smallest absolute Gasteiger partial charge is 0.397 e. The molecule has 0 aliphatic carbocycles. The third-order valence-corrected chi connectivity index (χ3v) is 13.5. The summed E-state index contributed by atoms with van der Waals surface area (Å²) in [4.78, 5) is 12.9. The van der Waals surface area contributed by atoms with Gasteiger partial charge in [0.2, 0.25) is 0 Å². The third-order valence-electron chi connectivity index (χ3n) is 13.0. The van der Waals surface area contributed by atoms with Gasteiger partial charge in [0, 0.05) is 13.0 Å². The van der Waals surface area contributed by atoms with Crippen LogP contribution in [0.25, 0.3) is 0 Å². The Bertz CT molecular complexity index is 1340. The zero-order chi connectivity index (χ0) is 50.3. The Morgan fingerprint density at radius 2 is 0.957 bits per heavy atom. The molecular weight excluding hydrogens is 897 g/mol. The molecule has 0 saturated carbocycles. The van der Waals surface area contributed by atoms with Crippen molar-refractivity contribution < 1.29 is 56.2 Å². The number of aliphatic hydroxyl groups excluding tert-OH is 3. The number of allylic oxidation sites excluding steroid dienone is 6. The van der Waals surface area contributed by atoms with Crippen LogP contribution < -0.4 is 0 Å². The topological polar surface area (TPSA) is 178 Å². The lowest BCUT2D eigenvalue weighted by molar-refractivity contribution is -0.301. The van der Waals surface area contributed by atoms with Gasteiger partial charge in [0.25, 0.3) is 0 Å². The van der Waals surface area contributed by atoms with E-state index in [0.29, 0.717) is 13.0 Å². The molecule has 6 unspecified atom stereocenters. The van der Waals surface area contributed by atoms with E-state index in [1.54, 1.807) is 0 Å². The van der Waals surface area contributed by atoms with Gasteiger partial charge in [-0.2, -0.15) is 8.42 Å². The second-order valence-electron chi connectivity index (χ2n) is 19.5. The van der Waals surface area contributed by atoms with Crippen molar-refractivity contribution in [3.8, 4) is 0 Å². The first-order chi connectivity index (χ1) is 33.6. The molecule has 1 saturated heterocycles. The molecule has 0 spiro atoms. The highest BCUT2D eigenvalue weighted by Crippen LogP contribution is 2.26. The number of hydrogen-bond acceptors (Lipinski definition) is 11. The maximum atomic E-state index is 12.9. The summed E-state index contributed by atoms with van der Waals surface area (Å²) in [6.45, 7) is 4.01. The fraction of sp³-hybridized carbons (Fsp3) is 0.875. The quantitative estimate of drug-likeness (QED) is 0.0196. The van der Waals surface area contributed by atoms with E-state index < -0.39 is 59.8 Å². The number of ether oxygens (including phenoxy) is 4. The van der Waals surface area contributed by atoms with Gasteiger partial charge in [-0.05, 0) is 70.6 Å². The molecule has 13 heteroatoms. The van der Waals surface area contributed by atoms with Gasteiger partial charge in [0.15, 0.2) is 6.29 Å². The van der Waals surface area contributed by atoms with Crippen molar-refractivity contribution >= 4 is 16.4 Å². The van der Waals surface area contributed by atoms with Crippen LogP contribution in [-0.4, -0.2) is 97.5 Å². The van der Waals surface area contributed by atoms with E-state index in [9.17, 15) is 33.1 Å². The van der Waals surface area contributed by atoms with Gasteiger partial charge >= 0.3 is 16.4 Å². The Hall–Kier alpha value is -1.68. The van der Waals surface area contributed by atoms with E-state index in [4.69, 9.17) is 18.9 Å². The molecule has 6 atom stereocenters. The van der Waals surface area contributed by atoms with Gasteiger partial charge in [0.1, 0.15) is 30.5 Å². The second kappa shape index (κ2) is 47.3. The van der Waals surface area contributed by atoms with Crippen molar-refractivity contribution in [2.24, 2.45) is 0 Å². The van der Waals surface area contributed by atoms with Gasteiger partial charge in [-0.25, -0.2) is 4.18 Å². The Balaban J connectivity index is 2.30. The fourth-order valence-electron chi connectivity index (χ4n) is 8.70. The Morgan fingerprint density at radius 1 is 0.551 bits per heavy atom. The Kier molecular flexibility index (Phi) is 44.8. The van der Waals surface area contributed by atoms with Crippen molar-refractivity contribution in [2.75, 3.05) is 26.4 Å². The molecule has 1 rings (SSSR count). The van der Waals surface area contributed by atoms with Crippen LogP contribution in [0.15, 0.2) is 36.5 Å². The summed E-state index contributed by atoms with van der Waals surface area (Å²) in [6.07, 6.45) is 48.9. The first-order valence-corrected chi connectivity index (χ1v) is 29.6. The van der Waals surface area contributed by atoms with Crippen molar-refractivity contribution in [1.82, 2.24) is 0 Å². The summed E-state index contributed by atoms with van der Waals surface area (Å²) in [5.41, 5.74) is 0. The van der Waals surface area contributed by atoms with Crippen molar-refractivity contribution in [1.29, 1.82) is 0 Å². The summed E-state index contributed by atoms with van der Waals surface area (Å²) >= 11 is 0. The number of unbranched alkanes of at least 4 members (excludes halogenated alkanes) is 31. The molecule has 0 aromatic heterocycles. The van der Waals surface area contributed by atoms with Crippen molar-refractivity contribution in [3.05, 3.63) is 36.5 Å². The van der Waals surface area contributed by atoms with Gasteiger partial charge < -0.3 is 34.3 Å². The zero-order valence-corrected chi connectivity index (χ0v) is 44.7. The average Bonchev–Trinajstić information content (AvgIpc) is 3.32. The highest BCUT2D eigenvalue weighted by molar-refractivity contribution is 7.80. The average molecular weight is 1000 g/mol. The van der Waals surface area contributed by atoms with Crippen LogP contribution in [0.4, 0.5) is 0 Å². The minimum atomic E-state index is -5.07. The van der Waals surface area contributed by atoms with Gasteiger partial charge in [-0.15, -0.1) is 0 Å². The standard InChI is InChI=1S/C56H104O12S/c1-3-5-7-9-11-13-15-17-19-21-23-24-25-26-27-28-30-32-34-36-38-40-42-44-46-64-48-50(49-65-56-54(60)55(68-69(61,62)63)53(59)51(47-57)67-56)66-52(58)45-43-41-39-37-35-33-31-29-22-20-18-16-14-12-10-8-6-4-2/h15,17,20-23,50-51,53-57,59-60H,3-14,16,18-19,24-49H2,1-2H3,(H,61,62,63)/b17-15-,22-20-,23-21-. The number of hydrogen-bond donors (Lipinski definition) is 4. The molecular formula is C56H104O12S. The van der Waals surface area contributed by atoms with E-state index in [2.05, 4.69) is 54.5 Å². The van der Waals surface area contributed by atoms with Crippen molar-refractivity contribution in [2.45, 2.75) is 288 Å². The van der Waals surface area contributed by atoms with E-state index in [1.807, 2.05) is 0 Å². The number of carbonyl (C=O) groups is 1. The molecule has 4 N–H and O–H groups in total. The molecule has 1 aliphatic heterocycles. The van der Waals surface area contributed by atoms with E-state index in [1.165, 1.54) is 173 Å². The van der Waals surface area contributed by atoms with Crippen LogP contribution in [0.1, 0.15) is 251 Å². The van der Waals surface area contributed by atoms with Gasteiger partial charge in [0.05, 0.1) is 19.8 Å². The fourth-order valence-corrected chi connectivity index (χ4v) is 9.21. The van der Waals surface area contributed by atoms with Crippen LogP contribution in [0.5, 0.6) is 0 Å². The van der Waals surface area contributed by atoms with Crippen LogP contribution in [0, 0.1) is 0 Å². The third kappa shape index (κ3) is 40.5. The molecule has 1 fully saturated rings. The molecule has 0 aromatic rings. The first kappa shape index (κ1) is 65.3. The maximum absolute atomic E-state index is 12.9. The largest absolute Gasteiger partial charge is 0.457 e. The number of carbonyl (C=O) groups excluding carboxylic acids is 1. The molecule has 0 bridgehead atoms. The summed E-state index contributed by atoms with van der Waals surface area (Å²) in [6, 6.07) is 0. The maximum Gasteiger partial charge on any atom is 0.397 e. The number of aliphatic hydroxyl groups is 3. The molecule has 1 heterocycles. The van der Waals surface area contributed by atoms with E-state index >= 15 is 0 Å². The molecule has 69 heavy (non-hydrogen) atoms. The SMILES string of the molecule is CCCCCCC/C=C\C/C=C\CCCCCCCCCCCCCCOCC(COC1OC(CO)C(O)C(OS(=O)(=O)O)C1O)OC(=O)CCCCCCCCC/C=C\CCCCCCCCC. The predicted molar refractivity (Wildman–Crippen MR) is 280 cm³/mol. The molecule has 0 radical (unpaired) electrons. The highest BCUT2D eigenvalue weighted by atomic mass is 32.3. The van der Waals surface area contributed by atoms with Gasteiger partial charge in [-0.3, -0.25) is 9.35 Å².